The average Bonchev–Trinajstić information content (AvgIpc) is 2.89. The van der Waals surface area contributed by atoms with E-state index in [0.717, 1.165) is 35.6 Å². The summed E-state index contributed by atoms with van der Waals surface area (Å²) in [6.07, 6.45) is 9.83. The normalized spacial score (nSPS) is 19.2. The highest BCUT2D eigenvalue weighted by Crippen LogP contribution is 2.30. The molecule has 0 amide bonds. The molecule has 0 atom stereocenters. The minimum Gasteiger partial charge on any atom is -0.365 e. The van der Waals surface area contributed by atoms with Gasteiger partial charge in [0.2, 0.25) is 0 Å². The molecule has 2 aliphatic carbocycles. The molecule has 0 radical (unpaired) electrons. The minimum absolute atomic E-state index is 0.580. The Morgan fingerprint density at radius 1 is 1.28 bits per heavy atom. The predicted molar refractivity (Wildman–Crippen MR) is 70.2 cm³/mol. The van der Waals surface area contributed by atoms with E-state index < -0.39 is 0 Å². The quantitative estimate of drug-likeness (QED) is 0.866. The van der Waals surface area contributed by atoms with Crippen LogP contribution in [-0.4, -0.2) is 26.0 Å². The molecule has 0 unspecified atom stereocenters. The van der Waals surface area contributed by atoms with Gasteiger partial charge in [0.05, 0.1) is 6.33 Å². The van der Waals surface area contributed by atoms with Crippen LogP contribution in [0.4, 0.5) is 5.82 Å². The van der Waals surface area contributed by atoms with Crippen molar-refractivity contribution in [3.05, 3.63) is 18.2 Å². The zero-order valence-electron chi connectivity index (χ0n) is 10.1. The summed E-state index contributed by atoms with van der Waals surface area (Å²) in [6, 6.07) is 0.580. The van der Waals surface area contributed by atoms with E-state index in [0.29, 0.717) is 6.04 Å². The molecule has 92 valence electrons. The number of hydrogen-bond donors (Lipinski definition) is 2. The first-order valence-electron chi connectivity index (χ1n) is 6.57. The lowest BCUT2D eigenvalue weighted by atomic mass is 10.2. The Labute approximate surface area is 105 Å². The summed E-state index contributed by atoms with van der Waals surface area (Å²) in [6.45, 7) is 0. The number of H-pyrrole nitrogens is 1. The molecule has 0 saturated heterocycles. The molecular weight excluding hydrogens is 226 g/mol. The predicted octanol–water partition coefficient (Wildman–Crippen LogP) is 2.49. The van der Waals surface area contributed by atoms with E-state index in [2.05, 4.69) is 31.3 Å². The highest BCUT2D eigenvalue weighted by molar-refractivity contribution is 5.84. The zero-order valence-corrected chi connectivity index (χ0v) is 10.1. The van der Waals surface area contributed by atoms with E-state index in [9.17, 15) is 0 Å². The van der Waals surface area contributed by atoms with Crippen molar-refractivity contribution in [1.82, 2.24) is 19.9 Å². The maximum atomic E-state index is 4.67. The van der Waals surface area contributed by atoms with Crippen molar-refractivity contribution in [3.8, 4) is 0 Å². The smallest absolute Gasteiger partial charge is 0.183 e. The largest absolute Gasteiger partial charge is 0.365 e. The van der Waals surface area contributed by atoms with Gasteiger partial charge in [0.1, 0.15) is 5.52 Å². The van der Waals surface area contributed by atoms with Crippen molar-refractivity contribution >= 4 is 22.6 Å². The Balaban J connectivity index is 1.82. The van der Waals surface area contributed by atoms with Gasteiger partial charge >= 0.3 is 0 Å². The molecule has 2 N–H and O–H groups in total. The SMILES string of the molecule is C1=C(c2nc(NC3CC3)c3[nH]cnc3n2)CCC1. The van der Waals surface area contributed by atoms with Crippen molar-refractivity contribution in [3.63, 3.8) is 0 Å². The van der Waals surface area contributed by atoms with Crippen molar-refractivity contribution < 1.29 is 0 Å². The first-order chi connectivity index (χ1) is 8.90. The van der Waals surface area contributed by atoms with Gasteiger partial charge < -0.3 is 10.3 Å². The number of rotatable bonds is 3. The summed E-state index contributed by atoms with van der Waals surface area (Å²) < 4.78 is 0. The minimum atomic E-state index is 0.580. The number of nitrogens with zero attached hydrogens (tertiary/aromatic N) is 3. The van der Waals surface area contributed by atoms with E-state index in [4.69, 9.17) is 0 Å². The van der Waals surface area contributed by atoms with Crippen LogP contribution in [0.3, 0.4) is 0 Å². The van der Waals surface area contributed by atoms with Gasteiger partial charge in [0.25, 0.3) is 0 Å². The van der Waals surface area contributed by atoms with Crippen LogP contribution >= 0.6 is 0 Å². The number of hydrogen-bond acceptors (Lipinski definition) is 4. The summed E-state index contributed by atoms with van der Waals surface area (Å²) in [5.74, 6) is 1.75. The van der Waals surface area contributed by atoms with E-state index >= 15 is 0 Å². The van der Waals surface area contributed by atoms with Crippen LogP contribution in [0, 0.1) is 0 Å². The van der Waals surface area contributed by atoms with E-state index in [-0.39, 0.29) is 0 Å². The number of fused-ring (bicyclic) bond motifs is 1. The molecule has 5 nitrogen and oxygen atoms in total. The molecule has 2 aliphatic rings. The summed E-state index contributed by atoms with van der Waals surface area (Å²) in [5, 5.41) is 3.46. The van der Waals surface area contributed by atoms with E-state index in [1.165, 1.54) is 24.8 Å². The summed E-state index contributed by atoms with van der Waals surface area (Å²) in [5.41, 5.74) is 2.94. The van der Waals surface area contributed by atoms with Crippen molar-refractivity contribution in [1.29, 1.82) is 0 Å². The van der Waals surface area contributed by atoms with Gasteiger partial charge in [-0.3, -0.25) is 0 Å². The number of aromatic nitrogens is 4. The third kappa shape index (κ3) is 1.66. The molecular formula is C13H15N5. The number of aromatic amines is 1. The van der Waals surface area contributed by atoms with Crippen molar-refractivity contribution in [2.45, 2.75) is 38.1 Å². The Kier molecular flexibility index (Phi) is 2.12. The number of imidazole rings is 1. The van der Waals surface area contributed by atoms with Crippen LogP contribution in [0.2, 0.25) is 0 Å². The maximum absolute atomic E-state index is 4.67. The lowest BCUT2D eigenvalue weighted by Crippen LogP contribution is -2.06. The molecule has 2 aromatic heterocycles. The monoisotopic (exact) mass is 241 g/mol. The molecule has 5 heteroatoms. The lowest BCUT2D eigenvalue weighted by molar-refractivity contribution is 0.928. The summed E-state index contributed by atoms with van der Waals surface area (Å²) in [4.78, 5) is 16.6. The molecule has 1 saturated carbocycles. The second kappa shape index (κ2) is 3.80. The average molecular weight is 241 g/mol. The van der Waals surface area contributed by atoms with Crippen LogP contribution in [0.25, 0.3) is 16.7 Å². The first-order valence-corrected chi connectivity index (χ1v) is 6.57. The third-order valence-corrected chi connectivity index (χ3v) is 3.53. The van der Waals surface area contributed by atoms with Gasteiger partial charge in [-0.25, -0.2) is 15.0 Å². The summed E-state index contributed by atoms with van der Waals surface area (Å²) in [7, 11) is 0. The standard InChI is InChI=1S/C13H15N5/c1-2-4-8(3-1)11-17-12-10(14-7-15-12)13(18-11)16-9-5-6-9/h3,7,9H,1-2,4-6H2,(H2,14,15,16,17,18). The molecule has 0 aliphatic heterocycles. The first kappa shape index (κ1) is 10.1. The number of nitrogens with one attached hydrogen (secondary N) is 2. The molecule has 0 aromatic carbocycles. The van der Waals surface area contributed by atoms with Crippen LogP contribution < -0.4 is 5.32 Å². The molecule has 2 heterocycles. The van der Waals surface area contributed by atoms with Gasteiger partial charge in [0.15, 0.2) is 17.3 Å². The van der Waals surface area contributed by atoms with Crippen LogP contribution in [-0.2, 0) is 0 Å². The van der Waals surface area contributed by atoms with Gasteiger partial charge in [-0.1, -0.05) is 6.08 Å². The molecule has 18 heavy (non-hydrogen) atoms. The Hall–Kier alpha value is -1.91. The Bertz CT molecular complexity index is 623. The fraction of sp³-hybridized carbons (Fsp3) is 0.462. The Morgan fingerprint density at radius 2 is 2.22 bits per heavy atom. The third-order valence-electron chi connectivity index (χ3n) is 3.53. The Morgan fingerprint density at radius 3 is 3.00 bits per heavy atom. The molecule has 0 bridgehead atoms. The van der Waals surface area contributed by atoms with Gasteiger partial charge in [-0.2, -0.15) is 0 Å². The van der Waals surface area contributed by atoms with E-state index in [1.807, 2.05) is 0 Å². The number of allylic oxidation sites excluding steroid dienone is 2. The highest BCUT2D eigenvalue weighted by Gasteiger charge is 2.24. The van der Waals surface area contributed by atoms with Crippen molar-refractivity contribution in [2.75, 3.05) is 5.32 Å². The van der Waals surface area contributed by atoms with Gasteiger partial charge in [0, 0.05) is 6.04 Å². The molecule has 0 spiro atoms. The lowest BCUT2D eigenvalue weighted by Gasteiger charge is -2.07. The van der Waals surface area contributed by atoms with E-state index in [1.54, 1.807) is 6.33 Å². The molecule has 1 fully saturated rings. The summed E-state index contributed by atoms with van der Waals surface area (Å²) >= 11 is 0. The van der Waals surface area contributed by atoms with Crippen LogP contribution in [0.1, 0.15) is 37.9 Å². The van der Waals surface area contributed by atoms with Crippen LogP contribution in [0.15, 0.2) is 12.4 Å². The van der Waals surface area contributed by atoms with Crippen molar-refractivity contribution in [2.24, 2.45) is 0 Å². The second-order valence-corrected chi connectivity index (χ2v) is 5.04. The molecule has 4 rings (SSSR count). The fourth-order valence-electron chi connectivity index (χ4n) is 2.38. The second-order valence-electron chi connectivity index (χ2n) is 5.04. The highest BCUT2D eigenvalue weighted by atomic mass is 15.1. The van der Waals surface area contributed by atoms with Crippen LogP contribution in [0.5, 0.6) is 0 Å². The van der Waals surface area contributed by atoms with Gasteiger partial charge in [-0.15, -0.1) is 0 Å². The zero-order chi connectivity index (χ0) is 11.9. The topological polar surface area (TPSA) is 66.5 Å². The maximum Gasteiger partial charge on any atom is 0.183 e. The number of anilines is 1. The van der Waals surface area contributed by atoms with Gasteiger partial charge in [-0.05, 0) is 37.7 Å². The molecule has 2 aromatic rings. The fourth-order valence-corrected chi connectivity index (χ4v) is 2.38.